The Morgan fingerprint density at radius 3 is 2.60 bits per heavy atom. The molecule has 1 amide bonds. The number of thioether (sulfide) groups is 1. The van der Waals surface area contributed by atoms with E-state index in [-0.39, 0.29) is 17.7 Å². The number of rotatable bonds is 12. The number of nitrogens with two attached hydrogens (primary N) is 1. The van der Waals surface area contributed by atoms with Crippen LogP contribution in [-0.4, -0.2) is 79.0 Å². The van der Waals surface area contributed by atoms with Crippen molar-refractivity contribution >= 4 is 36.3 Å². The molecule has 7 nitrogen and oxygen atoms in total. The first kappa shape index (κ1) is 29.3. The van der Waals surface area contributed by atoms with Crippen molar-refractivity contribution in [3.8, 4) is 5.75 Å². The highest BCUT2D eigenvalue weighted by Gasteiger charge is 2.39. The van der Waals surface area contributed by atoms with Crippen LogP contribution in [0.4, 0.5) is 13.2 Å². The van der Waals surface area contributed by atoms with E-state index in [2.05, 4.69) is 17.9 Å². The third kappa shape index (κ3) is 9.25. The van der Waals surface area contributed by atoms with Gasteiger partial charge in [0.1, 0.15) is 17.9 Å². The zero-order valence-corrected chi connectivity index (χ0v) is 21.4. The molecule has 0 aliphatic carbocycles. The molecule has 35 heavy (non-hydrogen) atoms. The summed E-state index contributed by atoms with van der Waals surface area (Å²) >= 11 is 5.70. The van der Waals surface area contributed by atoms with Crippen LogP contribution in [0.25, 0.3) is 0 Å². The predicted octanol–water partition coefficient (Wildman–Crippen LogP) is 2.75. The zero-order valence-electron chi connectivity index (χ0n) is 19.7. The molecule has 1 fully saturated rings. The van der Waals surface area contributed by atoms with Crippen LogP contribution in [0.15, 0.2) is 36.4 Å². The number of carbonyl (C=O) groups excluding carboxylic acids is 2. The van der Waals surface area contributed by atoms with Crippen LogP contribution >= 0.6 is 24.4 Å². The second-order valence-electron chi connectivity index (χ2n) is 8.11. The molecule has 0 aromatic heterocycles. The van der Waals surface area contributed by atoms with Crippen molar-refractivity contribution < 1.29 is 32.2 Å². The van der Waals surface area contributed by atoms with E-state index >= 15 is 0 Å². The molecule has 1 aromatic carbocycles. The smallest absolute Gasteiger partial charge is 0.416 e. The van der Waals surface area contributed by atoms with E-state index in [1.54, 1.807) is 17.8 Å². The van der Waals surface area contributed by atoms with Gasteiger partial charge in [-0.15, -0.1) is 0 Å². The number of nitrogens with zero attached hydrogens (tertiary/aromatic N) is 1. The Bertz CT molecular complexity index is 855. The molecule has 2 rings (SSSR count). The summed E-state index contributed by atoms with van der Waals surface area (Å²) in [7, 11) is 1.27. The number of amides is 1. The van der Waals surface area contributed by atoms with Crippen molar-refractivity contribution in [3.05, 3.63) is 42.0 Å². The molecule has 0 radical (unpaired) electrons. The first-order chi connectivity index (χ1) is 16.6. The van der Waals surface area contributed by atoms with Crippen molar-refractivity contribution in [2.24, 2.45) is 5.73 Å². The Labute approximate surface area is 213 Å². The summed E-state index contributed by atoms with van der Waals surface area (Å²) in [5.41, 5.74) is 5.10. The lowest BCUT2D eigenvalue weighted by atomic mass is 10.1. The third-order valence-corrected chi connectivity index (χ3v) is 6.56. The SMILES string of the molecule is COC(=O)[C@H](CCSC)NC(=O)[C@@H]1C[C@H](Oc2ccc(C(F)(F)F)cc2)CN1C/C=C/[C@@H](N)CS. The van der Waals surface area contributed by atoms with Gasteiger partial charge < -0.3 is 20.5 Å². The Morgan fingerprint density at radius 2 is 2.03 bits per heavy atom. The first-order valence-electron chi connectivity index (χ1n) is 11.1. The van der Waals surface area contributed by atoms with Gasteiger partial charge in [-0.1, -0.05) is 12.2 Å². The van der Waals surface area contributed by atoms with Gasteiger partial charge in [-0.2, -0.15) is 37.6 Å². The third-order valence-electron chi connectivity index (χ3n) is 5.50. The van der Waals surface area contributed by atoms with E-state index in [0.717, 1.165) is 12.1 Å². The van der Waals surface area contributed by atoms with Crippen molar-refractivity contribution in [2.45, 2.75) is 43.2 Å². The highest BCUT2D eigenvalue weighted by atomic mass is 32.2. The van der Waals surface area contributed by atoms with Gasteiger partial charge in [-0.05, 0) is 42.7 Å². The number of nitrogens with one attached hydrogen (secondary N) is 1. The number of benzene rings is 1. The summed E-state index contributed by atoms with van der Waals surface area (Å²) in [5.74, 6) is 0.555. The fraction of sp³-hybridized carbons (Fsp3) is 0.565. The quantitative estimate of drug-likeness (QED) is 0.215. The summed E-state index contributed by atoms with van der Waals surface area (Å²) in [6.07, 6.45) is 1.40. The minimum absolute atomic E-state index is 0.234. The molecule has 3 N–H and O–H groups in total. The molecule has 1 heterocycles. The largest absolute Gasteiger partial charge is 0.489 e. The van der Waals surface area contributed by atoms with Gasteiger partial charge >= 0.3 is 12.1 Å². The van der Waals surface area contributed by atoms with Gasteiger partial charge in [0.25, 0.3) is 0 Å². The summed E-state index contributed by atoms with van der Waals surface area (Å²) < 4.78 is 49.2. The minimum Gasteiger partial charge on any atom is -0.489 e. The van der Waals surface area contributed by atoms with Crippen LogP contribution in [0.2, 0.25) is 0 Å². The molecule has 196 valence electrons. The number of likely N-dealkylation sites (tertiary alicyclic amines) is 1. The average molecular weight is 536 g/mol. The van der Waals surface area contributed by atoms with Gasteiger partial charge in [-0.3, -0.25) is 9.69 Å². The molecular weight excluding hydrogens is 503 g/mol. The zero-order chi connectivity index (χ0) is 26.0. The van der Waals surface area contributed by atoms with E-state index in [1.165, 1.54) is 19.2 Å². The number of thiol groups is 1. The van der Waals surface area contributed by atoms with Crippen LogP contribution in [0.1, 0.15) is 18.4 Å². The molecule has 0 unspecified atom stereocenters. The van der Waals surface area contributed by atoms with E-state index < -0.39 is 35.9 Å². The van der Waals surface area contributed by atoms with Gasteiger partial charge in [0.05, 0.1) is 18.7 Å². The van der Waals surface area contributed by atoms with Gasteiger partial charge in [0, 0.05) is 31.3 Å². The Hall–Kier alpha value is -1.89. The number of ether oxygens (including phenoxy) is 2. The van der Waals surface area contributed by atoms with Crippen LogP contribution in [0.3, 0.4) is 0 Å². The lowest BCUT2D eigenvalue weighted by Gasteiger charge is -2.24. The number of methoxy groups -OCH3 is 1. The topological polar surface area (TPSA) is 93.9 Å². The predicted molar refractivity (Wildman–Crippen MR) is 134 cm³/mol. The maximum atomic E-state index is 13.1. The first-order valence-corrected chi connectivity index (χ1v) is 13.1. The number of carbonyl (C=O) groups is 2. The number of hydrogen-bond acceptors (Lipinski definition) is 8. The van der Waals surface area contributed by atoms with E-state index in [1.807, 2.05) is 17.2 Å². The number of esters is 1. The summed E-state index contributed by atoms with van der Waals surface area (Å²) in [4.78, 5) is 27.2. The molecular formula is C23H32F3N3O4S2. The summed E-state index contributed by atoms with van der Waals surface area (Å²) in [6, 6.07) is 2.84. The van der Waals surface area contributed by atoms with Gasteiger partial charge in [0.2, 0.25) is 5.91 Å². The van der Waals surface area contributed by atoms with Crippen molar-refractivity contribution in [1.29, 1.82) is 0 Å². The minimum atomic E-state index is -4.43. The number of halogens is 3. The van der Waals surface area contributed by atoms with Crippen LogP contribution < -0.4 is 15.8 Å². The van der Waals surface area contributed by atoms with Crippen LogP contribution in [0.5, 0.6) is 5.75 Å². The molecule has 1 aromatic rings. The molecule has 0 saturated carbocycles. The number of alkyl halides is 3. The van der Waals surface area contributed by atoms with E-state index in [9.17, 15) is 22.8 Å². The lowest BCUT2D eigenvalue weighted by Crippen LogP contribution is -2.50. The Balaban J connectivity index is 2.13. The fourth-order valence-electron chi connectivity index (χ4n) is 3.66. The van der Waals surface area contributed by atoms with E-state index in [0.29, 0.717) is 37.4 Å². The van der Waals surface area contributed by atoms with E-state index in [4.69, 9.17) is 15.2 Å². The second-order valence-corrected chi connectivity index (χ2v) is 9.46. The second kappa shape index (κ2) is 14.0. The number of hydrogen-bond donors (Lipinski definition) is 3. The molecule has 4 atom stereocenters. The molecule has 0 spiro atoms. The average Bonchev–Trinajstić information content (AvgIpc) is 3.23. The maximum Gasteiger partial charge on any atom is 0.416 e. The molecule has 1 saturated heterocycles. The molecule has 12 heteroatoms. The van der Waals surface area contributed by atoms with Gasteiger partial charge in [0.15, 0.2) is 0 Å². The summed E-state index contributed by atoms with van der Waals surface area (Å²) in [5, 5.41) is 2.78. The highest BCUT2D eigenvalue weighted by molar-refractivity contribution is 7.98. The van der Waals surface area contributed by atoms with Crippen LogP contribution in [-0.2, 0) is 20.5 Å². The lowest BCUT2D eigenvalue weighted by molar-refractivity contribution is -0.145. The Morgan fingerprint density at radius 1 is 1.34 bits per heavy atom. The molecule has 0 bridgehead atoms. The van der Waals surface area contributed by atoms with Crippen molar-refractivity contribution in [1.82, 2.24) is 10.2 Å². The van der Waals surface area contributed by atoms with Crippen LogP contribution in [0, 0.1) is 0 Å². The normalized spacial score (nSPS) is 20.5. The highest BCUT2D eigenvalue weighted by Crippen LogP contribution is 2.31. The van der Waals surface area contributed by atoms with Crippen molar-refractivity contribution in [2.75, 3.05) is 38.0 Å². The Kier molecular flexibility index (Phi) is 11.7. The van der Waals surface area contributed by atoms with Gasteiger partial charge in [-0.25, -0.2) is 4.79 Å². The molecule has 1 aliphatic rings. The molecule has 1 aliphatic heterocycles. The monoisotopic (exact) mass is 535 g/mol. The van der Waals surface area contributed by atoms with Crippen molar-refractivity contribution in [3.63, 3.8) is 0 Å². The fourth-order valence-corrected chi connectivity index (χ4v) is 4.26. The standard InChI is InChI=1S/C23H32F3N3O4S2/c1-32-22(31)19(9-11-35-2)28-21(30)20-12-18(13-29(20)10-3-4-16(27)14-34)33-17-7-5-15(6-8-17)23(24,25)26/h3-8,16,18-20,34H,9-14,27H2,1-2H3,(H,28,30)/b4-3+/t16-,18+,19+,20+/m1/s1. The maximum absolute atomic E-state index is 13.1. The summed E-state index contributed by atoms with van der Waals surface area (Å²) in [6.45, 7) is 0.771.